The minimum Gasteiger partial charge on any atom is -0.324 e. The molecule has 3 N–H and O–H groups in total. The summed E-state index contributed by atoms with van der Waals surface area (Å²) in [6.45, 7) is 0. The minimum atomic E-state index is 0.539. The molecule has 0 atom stereocenters. The molecule has 5 aromatic rings. The van der Waals surface area contributed by atoms with Gasteiger partial charge in [0.05, 0.1) is 5.52 Å². The summed E-state index contributed by atoms with van der Waals surface area (Å²) in [5.74, 6) is 2.66. The van der Waals surface area contributed by atoms with Crippen molar-refractivity contribution >= 4 is 34.2 Å². The first-order chi connectivity index (χ1) is 15.8. The van der Waals surface area contributed by atoms with Gasteiger partial charge in [0.25, 0.3) is 0 Å². The van der Waals surface area contributed by atoms with Gasteiger partial charge in [0.15, 0.2) is 5.82 Å². The Hall–Kier alpha value is -4.19. The van der Waals surface area contributed by atoms with E-state index in [0.29, 0.717) is 11.9 Å². The Morgan fingerprint density at radius 1 is 0.750 bits per heavy atom. The molecule has 2 heterocycles. The van der Waals surface area contributed by atoms with E-state index in [9.17, 15) is 0 Å². The molecule has 3 aromatic carbocycles. The summed E-state index contributed by atoms with van der Waals surface area (Å²) < 4.78 is 0. The Morgan fingerprint density at radius 3 is 2.31 bits per heavy atom. The van der Waals surface area contributed by atoms with E-state index in [1.807, 2.05) is 54.6 Å². The maximum Gasteiger partial charge on any atom is 0.229 e. The van der Waals surface area contributed by atoms with Crippen LogP contribution >= 0.6 is 0 Å². The fraction of sp³-hybridized carbons (Fsp3) is 0.115. The Bertz CT molecular complexity index is 1370. The van der Waals surface area contributed by atoms with Crippen LogP contribution in [0.1, 0.15) is 24.5 Å². The molecule has 6 nitrogen and oxygen atoms in total. The third-order valence-corrected chi connectivity index (χ3v) is 5.71. The van der Waals surface area contributed by atoms with Crippen molar-refractivity contribution in [1.82, 2.24) is 20.2 Å². The molecule has 0 amide bonds. The summed E-state index contributed by atoms with van der Waals surface area (Å²) in [6, 6.07) is 28.7. The van der Waals surface area contributed by atoms with Crippen molar-refractivity contribution in [2.24, 2.45) is 0 Å². The van der Waals surface area contributed by atoms with Crippen LogP contribution in [0.25, 0.3) is 22.0 Å². The maximum atomic E-state index is 4.75. The van der Waals surface area contributed by atoms with E-state index in [2.05, 4.69) is 51.2 Å². The number of nitrogens with one attached hydrogen (secondary N) is 3. The molecule has 1 aliphatic carbocycles. The lowest BCUT2D eigenvalue weighted by atomic mass is 10.1. The van der Waals surface area contributed by atoms with Crippen LogP contribution in [0.4, 0.5) is 23.3 Å². The summed E-state index contributed by atoms with van der Waals surface area (Å²) >= 11 is 0. The fourth-order valence-electron chi connectivity index (χ4n) is 3.86. The van der Waals surface area contributed by atoms with E-state index in [1.165, 1.54) is 29.7 Å². The summed E-state index contributed by atoms with van der Waals surface area (Å²) in [7, 11) is 0. The topological polar surface area (TPSA) is 78.5 Å². The first-order valence-corrected chi connectivity index (χ1v) is 10.8. The minimum absolute atomic E-state index is 0.539. The number of H-pyrrole nitrogens is 1. The number of benzene rings is 3. The Balaban J connectivity index is 1.29. The summed E-state index contributed by atoms with van der Waals surface area (Å²) in [5, 5.41) is 15.2. The maximum absolute atomic E-state index is 4.75. The first kappa shape index (κ1) is 18.6. The zero-order chi connectivity index (χ0) is 21.3. The molecule has 1 fully saturated rings. The molecule has 0 unspecified atom stereocenters. The lowest BCUT2D eigenvalue weighted by Gasteiger charge is -2.11. The molecule has 156 valence electrons. The number of para-hydroxylation sites is 1. The van der Waals surface area contributed by atoms with Gasteiger partial charge in [0, 0.05) is 28.8 Å². The SMILES string of the molecule is c1ccc(-c2ccc(Nc3nc(Nc4cc(C5CC5)[nH]n4)c4ccccc4n3)cc2)cc1. The number of rotatable bonds is 6. The van der Waals surface area contributed by atoms with Crippen LogP contribution in [-0.2, 0) is 0 Å². The molecule has 6 heteroatoms. The normalized spacial score (nSPS) is 13.2. The number of hydrogen-bond donors (Lipinski definition) is 3. The highest BCUT2D eigenvalue weighted by atomic mass is 15.2. The van der Waals surface area contributed by atoms with Gasteiger partial charge >= 0.3 is 0 Å². The highest BCUT2D eigenvalue weighted by Gasteiger charge is 2.25. The van der Waals surface area contributed by atoms with E-state index in [1.54, 1.807) is 0 Å². The van der Waals surface area contributed by atoms with Crippen LogP contribution in [0.15, 0.2) is 84.9 Å². The van der Waals surface area contributed by atoms with Gasteiger partial charge < -0.3 is 10.6 Å². The predicted molar refractivity (Wildman–Crippen MR) is 129 cm³/mol. The smallest absolute Gasteiger partial charge is 0.229 e. The van der Waals surface area contributed by atoms with Gasteiger partial charge in [0.1, 0.15) is 5.82 Å². The van der Waals surface area contributed by atoms with Crippen molar-refractivity contribution in [3.05, 3.63) is 90.6 Å². The monoisotopic (exact) mass is 418 g/mol. The third-order valence-electron chi connectivity index (χ3n) is 5.71. The van der Waals surface area contributed by atoms with Crippen molar-refractivity contribution in [3.8, 4) is 11.1 Å². The number of anilines is 4. The van der Waals surface area contributed by atoms with E-state index >= 15 is 0 Å². The average molecular weight is 419 g/mol. The van der Waals surface area contributed by atoms with Crippen LogP contribution in [0.2, 0.25) is 0 Å². The molecule has 32 heavy (non-hydrogen) atoms. The molecule has 0 radical (unpaired) electrons. The molecule has 1 aliphatic rings. The van der Waals surface area contributed by atoms with Gasteiger partial charge in [-0.15, -0.1) is 0 Å². The van der Waals surface area contributed by atoms with Crippen molar-refractivity contribution in [1.29, 1.82) is 0 Å². The number of aromatic amines is 1. The van der Waals surface area contributed by atoms with E-state index < -0.39 is 0 Å². The number of aromatic nitrogens is 4. The van der Waals surface area contributed by atoms with Gasteiger partial charge in [-0.05, 0) is 48.2 Å². The van der Waals surface area contributed by atoms with Crippen LogP contribution in [0.5, 0.6) is 0 Å². The lowest BCUT2D eigenvalue weighted by molar-refractivity contribution is 0.966. The highest BCUT2D eigenvalue weighted by Crippen LogP contribution is 2.40. The molecule has 0 bridgehead atoms. The van der Waals surface area contributed by atoms with E-state index in [4.69, 9.17) is 9.97 Å². The predicted octanol–water partition coefficient (Wildman–Crippen LogP) is 6.38. The molecule has 6 rings (SSSR count). The van der Waals surface area contributed by atoms with Gasteiger partial charge in [-0.1, -0.05) is 54.6 Å². The molecular formula is C26H22N6. The number of nitrogens with zero attached hydrogens (tertiary/aromatic N) is 3. The quantitative estimate of drug-likeness (QED) is 0.298. The molecule has 0 saturated heterocycles. The molecular weight excluding hydrogens is 396 g/mol. The van der Waals surface area contributed by atoms with Crippen molar-refractivity contribution < 1.29 is 0 Å². The van der Waals surface area contributed by atoms with Crippen LogP contribution in [0.3, 0.4) is 0 Å². The molecule has 1 saturated carbocycles. The zero-order valence-electron chi connectivity index (χ0n) is 17.4. The number of hydrogen-bond acceptors (Lipinski definition) is 5. The van der Waals surface area contributed by atoms with Crippen molar-refractivity contribution in [3.63, 3.8) is 0 Å². The zero-order valence-corrected chi connectivity index (χ0v) is 17.4. The van der Waals surface area contributed by atoms with Gasteiger partial charge in [-0.25, -0.2) is 4.98 Å². The third kappa shape index (κ3) is 3.78. The summed E-state index contributed by atoms with van der Waals surface area (Å²) in [5.41, 5.74) is 5.34. The van der Waals surface area contributed by atoms with E-state index in [0.717, 1.165) is 28.2 Å². The standard InChI is InChI=1S/C26H22N6/c1-2-6-17(7-3-1)18-12-14-20(15-13-18)27-26-28-22-9-5-4-8-21(22)25(30-26)29-24-16-23(31-32-24)19-10-11-19/h1-9,12-16,19H,10-11H2,(H3,27,28,29,30,31,32). The second-order valence-corrected chi connectivity index (χ2v) is 8.09. The van der Waals surface area contributed by atoms with Crippen LogP contribution < -0.4 is 10.6 Å². The molecule has 0 aliphatic heterocycles. The highest BCUT2D eigenvalue weighted by molar-refractivity contribution is 5.91. The second kappa shape index (κ2) is 7.81. The fourth-order valence-corrected chi connectivity index (χ4v) is 3.86. The lowest BCUT2D eigenvalue weighted by Crippen LogP contribution is -2.02. The van der Waals surface area contributed by atoms with Gasteiger partial charge in [-0.2, -0.15) is 10.1 Å². The summed E-state index contributed by atoms with van der Waals surface area (Å²) in [6.07, 6.45) is 2.46. The van der Waals surface area contributed by atoms with E-state index in [-0.39, 0.29) is 0 Å². The Labute approximate surface area is 185 Å². The largest absolute Gasteiger partial charge is 0.324 e. The van der Waals surface area contributed by atoms with Crippen LogP contribution in [-0.4, -0.2) is 20.2 Å². The van der Waals surface area contributed by atoms with Gasteiger partial charge in [0.2, 0.25) is 5.95 Å². The first-order valence-electron chi connectivity index (χ1n) is 10.8. The second-order valence-electron chi connectivity index (χ2n) is 8.09. The Morgan fingerprint density at radius 2 is 1.50 bits per heavy atom. The van der Waals surface area contributed by atoms with Crippen LogP contribution in [0, 0.1) is 0 Å². The average Bonchev–Trinajstić information content (AvgIpc) is 3.59. The molecule has 2 aromatic heterocycles. The van der Waals surface area contributed by atoms with Gasteiger partial charge in [-0.3, -0.25) is 5.10 Å². The van der Waals surface area contributed by atoms with Crippen molar-refractivity contribution in [2.45, 2.75) is 18.8 Å². The molecule has 0 spiro atoms. The number of fused-ring (bicyclic) bond motifs is 1. The summed E-state index contributed by atoms with van der Waals surface area (Å²) in [4.78, 5) is 9.46. The Kier molecular flexibility index (Phi) is 4.53. The van der Waals surface area contributed by atoms with Crippen molar-refractivity contribution in [2.75, 3.05) is 10.6 Å².